The van der Waals surface area contributed by atoms with Gasteiger partial charge in [-0.25, -0.2) is 0 Å². The first-order valence-electron chi connectivity index (χ1n) is 10.0. The van der Waals surface area contributed by atoms with Crippen LogP contribution in [0.25, 0.3) is 0 Å². The molecule has 0 saturated carbocycles. The van der Waals surface area contributed by atoms with Crippen LogP contribution < -0.4 is 0 Å². The minimum absolute atomic E-state index is 1.31. The molecule has 1 fully saturated rings. The molecule has 1 aliphatic rings. The van der Waals surface area contributed by atoms with Crippen molar-refractivity contribution in [3.8, 4) is 0 Å². The molecule has 0 radical (unpaired) electrons. The van der Waals surface area contributed by atoms with Crippen LogP contribution in [0, 0.1) is 0 Å². The third kappa shape index (κ3) is 6.13. The van der Waals surface area contributed by atoms with Crippen molar-refractivity contribution in [1.29, 1.82) is 0 Å². The van der Waals surface area contributed by atoms with Crippen molar-refractivity contribution in [2.24, 2.45) is 0 Å². The fraction of sp³-hybridized carbons (Fsp3) is 0.478. The quantitative estimate of drug-likeness (QED) is 0.567. The molecule has 3 rings (SSSR count). The zero-order chi connectivity index (χ0) is 17.4. The minimum atomic E-state index is -1.34. The van der Waals surface area contributed by atoms with Gasteiger partial charge in [-0.1, -0.05) is 90.8 Å². The summed E-state index contributed by atoms with van der Waals surface area (Å²) >= 11 is 0. The Labute approximate surface area is 155 Å². The molecule has 0 unspecified atom stereocenters. The summed E-state index contributed by atoms with van der Waals surface area (Å²) in [6.07, 6.45) is 5.62. The van der Waals surface area contributed by atoms with Crippen molar-refractivity contribution < 1.29 is 0 Å². The second-order valence-corrected chi connectivity index (χ2v) is 13.0. The molecule has 2 aromatic rings. The topological polar surface area (TPSA) is 3.24 Å². The summed E-state index contributed by atoms with van der Waals surface area (Å²) in [5.74, 6) is 0. The highest BCUT2D eigenvalue weighted by Gasteiger charge is 2.27. The minimum Gasteiger partial charge on any atom is -0.303 e. The number of nitrogens with zero attached hydrogens (tertiary/aromatic N) is 1. The molecule has 0 amide bonds. The summed E-state index contributed by atoms with van der Waals surface area (Å²) in [5, 5.41) is 0. The normalized spacial score (nSPS) is 16.0. The van der Waals surface area contributed by atoms with Crippen molar-refractivity contribution in [1.82, 2.24) is 4.90 Å². The molecule has 1 aliphatic heterocycles. The van der Waals surface area contributed by atoms with Crippen LogP contribution >= 0.6 is 0 Å². The molecule has 0 spiro atoms. The fourth-order valence-corrected chi connectivity index (χ4v) is 8.26. The Morgan fingerprint density at radius 1 is 0.760 bits per heavy atom. The third-order valence-corrected chi connectivity index (χ3v) is 9.74. The van der Waals surface area contributed by atoms with E-state index in [1.165, 1.54) is 74.6 Å². The van der Waals surface area contributed by atoms with E-state index in [9.17, 15) is 0 Å². The lowest BCUT2D eigenvalue weighted by Crippen LogP contribution is -2.38. The van der Waals surface area contributed by atoms with Gasteiger partial charge in [0.25, 0.3) is 0 Å². The molecule has 0 N–H and O–H groups in total. The van der Waals surface area contributed by atoms with E-state index < -0.39 is 8.07 Å². The predicted molar refractivity (Wildman–Crippen MR) is 112 cm³/mol. The van der Waals surface area contributed by atoms with E-state index >= 15 is 0 Å². The lowest BCUT2D eigenvalue weighted by molar-refractivity contribution is 0.229. The summed E-state index contributed by atoms with van der Waals surface area (Å²) in [4.78, 5) is 2.70. The Morgan fingerprint density at radius 2 is 1.28 bits per heavy atom. The zero-order valence-corrected chi connectivity index (χ0v) is 16.8. The molecule has 1 heterocycles. The van der Waals surface area contributed by atoms with Gasteiger partial charge in [0.2, 0.25) is 0 Å². The molecule has 2 aromatic carbocycles. The number of likely N-dealkylation sites (tertiary alicyclic amines) is 1. The maximum absolute atomic E-state index is 2.70. The average Bonchev–Trinajstić information content (AvgIpc) is 2.64. The largest absolute Gasteiger partial charge is 0.303 e. The van der Waals surface area contributed by atoms with Crippen LogP contribution in [-0.4, -0.2) is 32.6 Å². The van der Waals surface area contributed by atoms with E-state index in [0.29, 0.717) is 0 Å². The van der Waals surface area contributed by atoms with E-state index in [2.05, 4.69) is 72.1 Å². The van der Waals surface area contributed by atoms with Crippen molar-refractivity contribution in [3.63, 3.8) is 0 Å². The van der Waals surface area contributed by atoms with Gasteiger partial charge < -0.3 is 4.90 Å². The Morgan fingerprint density at radius 3 is 1.80 bits per heavy atom. The lowest BCUT2D eigenvalue weighted by atomic mass is 10.1. The van der Waals surface area contributed by atoms with Gasteiger partial charge in [0.15, 0.2) is 0 Å². The second kappa shape index (κ2) is 9.35. The lowest BCUT2D eigenvalue weighted by Gasteiger charge is -2.31. The number of hydrogen-bond acceptors (Lipinski definition) is 1. The van der Waals surface area contributed by atoms with Gasteiger partial charge in [-0.2, -0.15) is 0 Å². The van der Waals surface area contributed by atoms with Gasteiger partial charge in [-0.05, 0) is 51.0 Å². The van der Waals surface area contributed by atoms with Crippen LogP contribution in [0.4, 0.5) is 0 Å². The van der Waals surface area contributed by atoms with Gasteiger partial charge >= 0.3 is 0 Å². The molecule has 0 aliphatic carbocycles. The highest BCUT2D eigenvalue weighted by Crippen LogP contribution is 2.24. The molecule has 2 heteroatoms. The van der Waals surface area contributed by atoms with Crippen LogP contribution in [0.15, 0.2) is 60.7 Å². The smallest absolute Gasteiger partial charge is 0.0592 e. The van der Waals surface area contributed by atoms with Crippen LogP contribution in [0.1, 0.15) is 36.8 Å². The van der Waals surface area contributed by atoms with E-state index in [1.807, 2.05) is 0 Å². The van der Waals surface area contributed by atoms with Gasteiger partial charge in [0.1, 0.15) is 0 Å². The molecule has 0 aromatic heterocycles. The number of hydrogen-bond donors (Lipinski definition) is 0. The highest BCUT2D eigenvalue weighted by molar-refractivity contribution is 6.77. The first kappa shape index (κ1) is 18.4. The van der Waals surface area contributed by atoms with Gasteiger partial charge in [0.05, 0.1) is 8.07 Å². The number of benzene rings is 2. The summed E-state index contributed by atoms with van der Waals surface area (Å²) < 4.78 is 0. The Balaban J connectivity index is 1.62. The monoisotopic (exact) mass is 351 g/mol. The molecular formula is C23H33NSi. The second-order valence-electron chi connectivity index (χ2n) is 8.14. The Bertz CT molecular complexity index is 563. The van der Waals surface area contributed by atoms with E-state index in [4.69, 9.17) is 0 Å². The van der Waals surface area contributed by atoms with Crippen molar-refractivity contribution in [2.45, 2.75) is 50.4 Å². The number of rotatable bonds is 8. The maximum Gasteiger partial charge on any atom is 0.0592 e. The van der Waals surface area contributed by atoms with Gasteiger partial charge in [0, 0.05) is 0 Å². The molecule has 134 valence electrons. The Kier molecular flexibility index (Phi) is 6.89. The van der Waals surface area contributed by atoms with Crippen molar-refractivity contribution in [3.05, 3.63) is 71.8 Å². The third-order valence-electron chi connectivity index (χ3n) is 5.65. The molecule has 1 saturated heterocycles. The number of piperidine rings is 1. The van der Waals surface area contributed by atoms with Crippen molar-refractivity contribution >= 4 is 8.07 Å². The van der Waals surface area contributed by atoms with Gasteiger partial charge in [-0.15, -0.1) is 0 Å². The van der Waals surface area contributed by atoms with E-state index in [1.54, 1.807) is 0 Å². The molecule has 1 nitrogen and oxygen atoms in total. The molecule has 0 bridgehead atoms. The summed E-state index contributed by atoms with van der Waals surface area (Å²) in [6.45, 7) is 6.60. The molecular weight excluding hydrogens is 318 g/mol. The van der Waals surface area contributed by atoms with Crippen molar-refractivity contribution in [2.75, 3.05) is 19.6 Å². The molecule has 0 atom stereocenters. The average molecular weight is 352 g/mol. The SMILES string of the molecule is C[Si](CCCN1CCCCC1)(Cc1ccccc1)Cc1ccccc1. The summed E-state index contributed by atoms with van der Waals surface area (Å²) in [5.41, 5.74) is 3.07. The standard InChI is InChI=1S/C23H33NSi/c1-25(20-22-12-5-2-6-13-22,21-23-14-7-3-8-15-23)19-11-18-24-16-9-4-10-17-24/h2-3,5-8,12-15H,4,9-11,16-21H2,1H3. The van der Waals surface area contributed by atoms with Crippen LogP contribution in [-0.2, 0) is 12.1 Å². The van der Waals surface area contributed by atoms with E-state index in [-0.39, 0.29) is 0 Å². The zero-order valence-electron chi connectivity index (χ0n) is 15.8. The van der Waals surface area contributed by atoms with Crippen LogP contribution in [0.5, 0.6) is 0 Å². The first-order chi connectivity index (χ1) is 12.2. The van der Waals surface area contributed by atoms with E-state index in [0.717, 1.165) is 0 Å². The summed E-state index contributed by atoms with van der Waals surface area (Å²) in [6, 6.07) is 26.4. The van der Waals surface area contributed by atoms with Crippen LogP contribution in [0.3, 0.4) is 0 Å². The predicted octanol–water partition coefficient (Wildman–Crippen LogP) is 5.50. The Hall–Kier alpha value is -1.38. The fourth-order valence-electron chi connectivity index (χ4n) is 4.33. The van der Waals surface area contributed by atoms with Crippen LogP contribution in [0.2, 0.25) is 12.6 Å². The van der Waals surface area contributed by atoms with Gasteiger partial charge in [-0.3, -0.25) is 0 Å². The molecule has 25 heavy (non-hydrogen) atoms. The highest BCUT2D eigenvalue weighted by atomic mass is 28.3. The summed E-state index contributed by atoms with van der Waals surface area (Å²) in [7, 11) is -1.34. The first-order valence-corrected chi connectivity index (χ1v) is 13.2. The maximum atomic E-state index is 2.70.